The van der Waals surface area contributed by atoms with Crippen molar-refractivity contribution in [1.82, 2.24) is 14.8 Å². The van der Waals surface area contributed by atoms with Crippen molar-refractivity contribution in [3.63, 3.8) is 0 Å². The highest BCUT2D eigenvalue weighted by molar-refractivity contribution is 8.03. The molecule has 2 heterocycles. The summed E-state index contributed by atoms with van der Waals surface area (Å²) in [7, 11) is 4.00. The maximum Gasteiger partial charge on any atom is 0.342 e. The third-order valence-corrected chi connectivity index (χ3v) is 5.15. The van der Waals surface area contributed by atoms with Crippen LogP contribution in [0.2, 0.25) is 0 Å². The topological polar surface area (TPSA) is 84.4 Å². The van der Waals surface area contributed by atoms with Crippen LogP contribution in [0.1, 0.15) is 22.8 Å². The second kappa shape index (κ2) is 7.93. The van der Waals surface area contributed by atoms with Gasteiger partial charge in [0.1, 0.15) is 4.91 Å². The maximum atomic E-state index is 11.7. The van der Waals surface area contributed by atoms with E-state index in [9.17, 15) is 9.90 Å². The van der Waals surface area contributed by atoms with Gasteiger partial charge in [0.25, 0.3) is 5.22 Å². The zero-order valence-corrected chi connectivity index (χ0v) is 17.2. The number of aryl methyl sites for hydroxylation is 2. The summed E-state index contributed by atoms with van der Waals surface area (Å²) in [6.07, 6.45) is 1.64. The molecule has 0 aliphatic heterocycles. The van der Waals surface area contributed by atoms with E-state index in [0.29, 0.717) is 5.89 Å². The van der Waals surface area contributed by atoms with Crippen molar-refractivity contribution in [3.05, 3.63) is 58.1 Å². The molecule has 0 aliphatic carbocycles. The zero-order valence-electron chi connectivity index (χ0n) is 16.4. The number of aromatic nitrogens is 3. The number of carbonyl (C=O) groups is 1. The van der Waals surface area contributed by atoms with Gasteiger partial charge in [-0.1, -0.05) is 0 Å². The van der Waals surface area contributed by atoms with Gasteiger partial charge in [0.05, 0.1) is 0 Å². The molecule has 0 radical (unpaired) electrons. The Morgan fingerprint density at radius 1 is 1.18 bits per heavy atom. The number of carboxylic acids is 1. The Kier molecular flexibility index (Phi) is 5.60. The summed E-state index contributed by atoms with van der Waals surface area (Å²) >= 11 is 0.944. The molecule has 0 saturated carbocycles. The lowest BCUT2D eigenvalue weighted by Gasteiger charge is -2.14. The molecule has 28 heavy (non-hydrogen) atoms. The van der Waals surface area contributed by atoms with Crippen LogP contribution in [-0.4, -0.2) is 39.9 Å². The molecule has 0 bridgehead atoms. The highest BCUT2D eigenvalue weighted by atomic mass is 32.2. The van der Waals surface area contributed by atoms with E-state index in [-0.39, 0.29) is 10.1 Å². The van der Waals surface area contributed by atoms with E-state index in [1.165, 1.54) is 0 Å². The lowest BCUT2D eigenvalue weighted by atomic mass is 10.2. The van der Waals surface area contributed by atoms with Crippen LogP contribution in [0.25, 0.3) is 11.8 Å². The molecule has 0 spiro atoms. The summed E-state index contributed by atoms with van der Waals surface area (Å²) in [6, 6.07) is 10.2. The summed E-state index contributed by atoms with van der Waals surface area (Å²) in [5.74, 6) is -0.646. The van der Waals surface area contributed by atoms with E-state index in [1.807, 2.05) is 38.9 Å². The minimum atomic E-state index is -1.04. The average Bonchev–Trinajstić information content (AvgIpc) is 3.17. The molecule has 0 fully saturated rings. The van der Waals surface area contributed by atoms with Crippen LogP contribution in [0.15, 0.2) is 44.9 Å². The van der Waals surface area contributed by atoms with Gasteiger partial charge >= 0.3 is 5.97 Å². The van der Waals surface area contributed by atoms with E-state index in [2.05, 4.69) is 39.0 Å². The standard InChI is InChI=1S/C20H22N4O3S/c1-12-10-15(11-18(19(25)26)28-20-22-21-14(3)27-20)13(2)24(12)17-8-6-16(7-9-17)23(4)5/h6-11H,1-5H3,(H,25,26)/b18-11+. The van der Waals surface area contributed by atoms with Crippen LogP contribution in [0.5, 0.6) is 0 Å². The minimum Gasteiger partial charge on any atom is -0.477 e. The fraction of sp³-hybridized carbons (Fsp3) is 0.250. The fourth-order valence-corrected chi connectivity index (χ4v) is 3.63. The molecule has 1 N–H and O–H groups in total. The molecule has 0 atom stereocenters. The molecule has 3 rings (SSSR count). The maximum absolute atomic E-state index is 11.7. The molecule has 8 heteroatoms. The Morgan fingerprint density at radius 2 is 1.86 bits per heavy atom. The molecular weight excluding hydrogens is 376 g/mol. The van der Waals surface area contributed by atoms with Crippen LogP contribution in [0, 0.1) is 20.8 Å². The van der Waals surface area contributed by atoms with Gasteiger partial charge in [-0.05, 0) is 67.6 Å². The highest BCUT2D eigenvalue weighted by Crippen LogP contribution is 2.30. The molecule has 0 aliphatic rings. The van der Waals surface area contributed by atoms with Gasteiger partial charge in [0.15, 0.2) is 0 Å². The monoisotopic (exact) mass is 398 g/mol. The number of nitrogens with zero attached hydrogens (tertiary/aromatic N) is 4. The largest absolute Gasteiger partial charge is 0.477 e. The van der Waals surface area contributed by atoms with E-state index in [4.69, 9.17) is 4.42 Å². The third kappa shape index (κ3) is 4.12. The molecule has 2 aromatic heterocycles. The number of hydrogen-bond donors (Lipinski definition) is 1. The molecule has 0 amide bonds. The number of hydrogen-bond acceptors (Lipinski definition) is 6. The zero-order chi connectivity index (χ0) is 20.4. The average molecular weight is 398 g/mol. The van der Waals surface area contributed by atoms with Crippen molar-refractivity contribution in [1.29, 1.82) is 0 Å². The predicted octanol–water partition coefficient (Wildman–Crippen LogP) is 4.07. The summed E-state index contributed by atoms with van der Waals surface area (Å²) in [4.78, 5) is 13.9. The molecule has 7 nitrogen and oxygen atoms in total. The molecule has 146 valence electrons. The van der Waals surface area contributed by atoms with Crippen molar-refractivity contribution in [2.75, 3.05) is 19.0 Å². The summed E-state index contributed by atoms with van der Waals surface area (Å²) < 4.78 is 7.39. The summed E-state index contributed by atoms with van der Waals surface area (Å²) in [5.41, 5.74) is 4.94. The summed E-state index contributed by atoms with van der Waals surface area (Å²) in [5, 5.41) is 17.4. The Morgan fingerprint density at radius 3 is 2.39 bits per heavy atom. The number of anilines is 1. The SMILES string of the molecule is Cc1nnc(S/C(=C/c2cc(C)n(-c3ccc(N(C)C)cc3)c2C)C(=O)O)o1. The summed E-state index contributed by atoms with van der Waals surface area (Å²) in [6.45, 7) is 5.63. The van der Waals surface area contributed by atoms with Crippen LogP contribution in [0.4, 0.5) is 5.69 Å². The first-order valence-electron chi connectivity index (χ1n) is 8.66. The molecular formula is C20H22N4O3S. The lowest BCUT2D eigenvalue weighted by Crippen LogP contribution is -2.08. The number of carboxylic acid groups (broad SMARTS) is 1. The van der Waals surface area contributed by atoms with Crippen molar-refractivity contribution in [2.45, 2.75) is 26.0 Å². The van der Waals surface area contributed by atoms with E-state index in [0.717, 1.165) is 40.1 Å². The number of thioether (sulfide) groups is 1. The van der Waals surface area contributed by atoms with E-state index >= 15 is 0 Å². The second-order valence-corrected chi connectivity index (χ2v) is 7.57. The first kappa shape index (κ1) is 19.8. The molecule has 3 aromatic rings. The number of aliphatic carboxylic acids is 1. The van der Waals surface area contributed by atoms with Crippen molar-refractivity contribution in [2.24, 2.45) is 0 Å². The number of benzene rings is 1. The van der Waals surface area contributed by atoms with Crippen molar-refractivity contribution >= 4 is 29.5 Å². The van der Waals surface area contributed by atoms with Gasteiger partial charge in [-0.15, -0.1) is 10.2 Å². The Labute approximate surface area is 167 Å². The fourth-order valence-electron chi connectivity index (χ4n) is 2.92. The normalized spacial score (nSPS) is 11.7. The van der Waals surface area contributed by atoms with Gasteiger partial charge in [0, 0.05) is 43.8 Å². The Hall–Kier alpha value is -3.00. The van der Waals surface area contributed by atoms with Crippen LogP contribution in [0.3, 0.4) is 0 Å². The second-order valence-electron chi connectivity index (χ2n) is 6.58. The quantitative estimate of drug-likeness (QED) is 0.495. The first-order chi connectivity index (χ1) is 13.3. The van der Waals surface area contributed by atoms with Crippen LogP contribution in [-0.2, 0) is 4.79 Å². The van der Waals surface area contributed by atoms with Crippen LogP contribution < -0.4 is 4.90 Å². The van der Waals surface area contributed by atoms with Gasteiger partial charge in [-0.25, -0.2) is 4.79 Å². The lowest BCUT2D eigenvalue weighted by molar-refractivity contribution is -0.131. The van der Waals surface area contributed by atoms with Gasteiger partial charge in [0.2, 0.25) is 5.89 Å². The highest BCUT2D eigenvalue weighted by Gasteiger charge is 2.17. The van der Waals surface area contributed by atoms with E-state index in [1.54, 1.807) is 13.0 Å². The Bertz CT molecular complexity index is 1030. The molecule has 0 unspecified atom stereocenters. The third-order valence-electron chi connectivity index (χ3n) is 4.30. The molecule has 0 saturated heterocycles. The predicted molar refractivity (Wildman–Crippen MR) is 110 cm³/mol. The van der Waals surface area contributed by atoms with E-state index < -0.39 is 5.97 Å². The van der Waals surface area contributed by atoms with Crippen molar-refractivity contribution < 1.29 is 14.3 Å². The van der Waals surface area contributed by atoms with Gasteiger partial charge < -0.3 is 19.0 Å². The van der Waals surface area contributed by atoms with Gasteiger partial charge in [-0.2, -0.15) is 0 Å². The van der Waals surface area contributed by atoms with Gasteiger partial charge in [-0.3, -0.25) is 0 Å². The first-order valence-corrected chi connectivity index (χ1v) is 9.47. The number of rotatable bonds is 6. The minimum absolute atomic E-state index is 0.117. The molecule has 1 aromatic carbocycles. The van der Waals surface area contributed by atoms with Crippen LogP contribution >= 0.6 is 11.8 Å². The van der Waals surface area contributed by atoms with Crippen molar-refractivity contribution in [3.8, 4) is 5.69 Å². The smallest absolute Gasteiger partial charge is 0.342 e. The Balaban J connectivity index is 1.97.